The van der Waals surface area contributed by atoms with Gasteiger partial charge in [0.25, 0.3) is 11.7 Å². The molecule has 1 unspecified atom stereocenters. The molecule has 1 aliphatic rings. The van der Waals surface area contributed by atoms with Crippen molar-refractivity contribution < 1.29 is 9.59 Å². The van der Waals surface area contributed by atoms with Gasteiger partial charge in [0, 0.05) is 11.9 Å². The monoisotopic (exact) mass is 323 g/mol. The molecule has 0 N–H and O–H groups in total. The van der Waals surface area contributed by atoms with Gasteiger partial charge in [-0.3, -0.25) is 9.59 Å². The number of halogens is 1. The molecule has 1 aliphatic heterocycles. The quantitative estimate of drug-likeness (QED) is 0.632. The first kappa shape index (κ1) is 14.3. The zero-order valence-electron chi connectivity index (χ0n) is 11.4. The predicted molar refractivity (Wildman–Crippen MR) is 79.9 cm³/mol. The van der Waals surface area contributed by atoms with Crippen molar-refractivity contribution in [2.45, 2.75) is 20.8 Å². The van der Waals surface area contributed by atoms with Crippen molar-refractivity contribution >= 4 is 33.3 Å². The van der Waals surface area contributed by atoms with E-state index in [1.807, 2.05) is 12.1 Å². The van der Waals surface area contributed by atoms with Crippen LogP contribution in [0.4, 0.5) is 5.69 Å². The van der Waals surface area contributed by atoms with Crippen LogP contribution < -0.4 is 4.90 Å². The molecule has 0 spiro atoms. The fourth-order valence-corrected chi connectivity index (χ4v) is 3.38. The van der Waals surface area contributed by atoms with E-state index >= 15 is 0 Å². The van der Waals surface area contributed by atoms with E-state index in [0.29, 0.717) is 12.1 Å². The fourth-order valence-electron chi connectivity index (χ4n) is 2.20. The molecule has 4 heteroatoms. The maximum Gasteiger partial charge on any atom is 0.299 e. The van der Waals surface area contributed by atoms with Gasteiger partial charge in [-0.1, -0.05) is 48.8 Å². The normalized spacial score (nSPS) is 16.7. The van der Waals surface area contributed by atoms with Gasteiger partial charge in [-0.2, -0.15) is 0 Å². The van der Waals surface area contributed by atoms with Gasteiger partial charge in [-0.25, -0.2) is 0 Å². The van der Waals surface area contributed by atoms with Gasteiger partial charge in [0.05, 0.1) is 11.3 Å². The highest BCUT2D eigenvalue weighted by Crippen LogP contribution is 2.34. The van der Waals surface area contributed by atoms with Gasteiger partial charge < -0.3 is 4.90 Å². The average molecular weight is 324 g/mol. The summed E-state index contributed by atoms with van der Waals surface area (Å²) in [5, 5.41) is 0.802. The molecule has 0 aromatic heterocycles. The van der Waals surface area contributed by atoms with Crippen LogP contribution >= 0.6 is 15.9 Å². The van der Waals surface area contributed by atoms with Crippen molar-refractivity contribution in [2.75, 3.05) is 16.8 Å². The van der Waals surface area contributed by atoms with Gasteiger partial charge in [-0.15, -0.1) is 0 Å². The van der Waals surface area contributed by atoms with Gasteiger partial charge in [0.1, 0.15) is 0 Å². The van der Waals surface area contributed by atoms with Crippen LogP contribution in [0, 0.1) is 11.3 Å². The lowest BCUT2D eigenvalue weighted by molar-refractivity contribution is -0.114. The van der Waals surface area contributed by atoms with Crippen molar-refractivity contribution in [1.82, 2.24) is 0 Å². The number of benzene rings is 1. The third-order valence-corrected chi connectivity index (χ3v) is 4.47. The Morgan fingerprint density at radius 1 is 1.21 bits per heavy atom. The number of fused-ring (bicyclic) bond motifs is 1. The lowest BCUT2D eigenvalue weighted by Gasteiger charge is -2.32. The van der Waals surface area contributed by atoms with Crippen LogP contribution in [0.5, 0.6) is 0 Å². The Hall–Kier alpha value is -1.16. The molecule has 0 bridgehead atoms. The highest BCUT2D eigenvalue weighted by Gasteiger charge is 2.38. The Bertz CT molecular complexity index is 519. The van der Waals surface area contributed by atoms with Crippen LogP contribution in [0.15, 0.2) is 24.3 Å². The molecule has 102 valence electrons. The number of hydrogen-bond donors (Lipinski definition) is 0. The van der Waals surface area contributed by atoms with E-state index in [1.165, 1.54) is 0 Å². The number of para-hydroxylation sites is 1. The fraction of sp³-hybridized carbons (Fsp3) is 0.467. The molecule has 1 aromatic rings. The van der Waals surface area contributed by atoms with E-state index in [0.717, 1.165) is 11.0 Å². The first-order chi connectivity index (χ1) is 8.86. The lowest BCUT2D eigenvalue weighted by atomic mass is 9.82. The molecule has 0 fully saturated rings. The Morgan fingerprint density at radius 3 is 2.42 bits per heavy atom. The van der Waals surface area contributed by atoms with Crippen LogP contribution in [0.25, 0.3) is 0 Å². The molecule has 2 rings (SSSR count). The maximum atomic E-state index is 12.1. The summed E-state index contributed by atoms with van der Waals surface area (Å²) < 4.78 is 0. The number of anilines is 1. The third-order valence-electron chi connectivity index (χ3n) is 3.69. The number of amides is 1. The number of ketones is 1. The molecule has 0 saturated heterocycles. The molecule has 0 aliphatic carbocycles. The van der Waals surface area contributed by atoms with Crippen LogP contribution in [0.1, 0.15) is 31.1 Å². The molecule has 1 heterocycles. The number of rotatable bonds is 3. The van der Waals surface area contributed by atoms with Crippen molar-refractivity contribution in [3.05, 3.63) is 29.8 Å². The van der Waals surface area contributed by atoms with Crippen LogP contribution in [0.2, 0.25) is 0 Å². The van der Waals surface area contributed by atoms with Gasteiger partial charge in [0.2, 0.25) is 0 Å². The number of nitrogens with zero attached hydrogens (tertiary/aromatic N) is 1. The van der Waals surface area contributed by atoms with Gasteiger partial charge in [-0.05, 0) is 23.5 Å². The topological polar surface area (TPSA) is 37.4 Å². The van der Waals surface area contributed by atoms with E-state index < -0.39 is 11.7 Å². The Labute approximate surface area is 122 Å². The molecule has 1 aromatic carbocycles. The minimum absolute atomic E-state index is 0.0738. The summed E-state index contributed by atoms with van der Waals surface area (Å²) >= 11 is 3.51. The average Bonchev–Trinajstić information content (AvgIpc) is 2.59. The van der Waals surface area contributed by atoms with Crippen molar-refractivity contribution in [3.8, 4) is 0 Å². The van der Waals surface area contributed by atoms with E-state index in [1.54, 1.807) is 17.0 Å². The Balaban J connectivity index is 2.31. The van der Waals surface area contributed by atoms with E-state index in [9.17, 15) is 9.59 Å². The molecule has 0 saturated carbocycles. The minimum atomic E-state index is -0.406. The molecule has 1 amide bonds. The van der Waals surface area contributed by atoms with E-state index in [-0.39, 0.29) is 11.3 Å². The molecule has 1 atom stereocenters. The number of hydrogen-bond acceptors (Lipinski definition) is 2. The number of Topliss-reactive ketones (excluding diaryl/α,β-unsaturated/α-hetero) is 1. The summed E-state index contributed by atoms with van der Waals surface area (Å²) in [6.07, 6.45) is 0. The van der Waals surface area contributed by atoms with Crippen LogP contribution in [0.3, 0.4) is 0 Å². The van der Waals surface area contributed by atoms with Crippen molar-refractivity contribution in [1.29, 1.82) is 0 Å². The summed E-state index contributed by atoms with van der Waals surface area (Å²) in [4.78, 5) is 25.6. The second-order valence-electron chi connectivity index (χ2n) is 5.98. The Kier molecular flexibility index (Phi) is 3.81. The molecular formula is C15H18BrNO2. The molecular weight excluding hydrogens is 306 g/mol. The van der Waals surface area contributed by atoms with Gasteiger partial charge in [0.15, 0.2) is 0 Å². The highest BCUT2D eigenvalue weighted by atomic mass is 79.9. The maximum absolute atomic E-state index is 12.1. The second kappa shape index (κ2) is 5.08. The largest absolute Gasteiger partial charge is 0.304 e. The van der Waals surface area contributed by atoms with E-state index in [2.05, 4.69) is 36.7 Å². The van der Waals surface area contributed by atoms with Gasteiger partial charge >= 0.3 is 0 Å². The predicted octanol–water partition coefficient (Wildman–Crippen LogP) is 3.27. The summed E-state index contributed by atoms with van der Waals surface area (Å²) in [5.74, 6) is -0.510. The molecule has 19 heavy (non-hydrogen) atoms. The van der Waals surface area contributed by atoms with Crippen LogP contribution in [-0.4, -0.2) is 23.6 Å². The summed E-state index contributed by atoms with van der Waals surface area (Å²) in [6, 6.07) is 7.21. The number of carbonyl (C=O) groups is 2. The smallest absolute Gasteiger partial charge is 0.299 e. The molecule has 0 radical (unpaired) electrons. The zero-order valence-corrected chi connectivity index (χ0v) is 13.0. The SMILES string of the molecule is CC(C)(C)C(CBr)CN1C(=O)C(=O)c2ccccc21. The summed E-state index contributed by atoms with van der Waals surface area (Å²) in [6.45, 7) is 7.00. The van der Waals surface area contributed by atoms with Crippen molar-refractivity contribution in [2.24, 2.45) is 11.3 Å². The summed E-state index contributed by atoms with van der Waals surface area (Å²) in [5.41, 5.74) is 1.34. The highest BCUT2D eigenvalue weighted by molar-refractivity contribution is 9.09. The number of alkyl halides is 1. The molecule has 3 nitrogen and oxygen atoms in total. The zero-order chi connectivity index (χ0) is 14.2. The Morgan fingerprint density at radius 2 is 1.84 bits per heavy atom. The summed E-state index contributed by atoms with van der Waals surface area (Å²) in [7, 11) is 0. The number of carbonyl (C=O) groups excluding carboxylic acids is 2. The first-order valence-electron chi connectivity index (χ1n) is 6.37. The first-order valence-corrected chi connectivity index (χ1v) is 7.49. The van der Waals surface area contributed by atoms with E-state index in [4.69, 9.17) is 0 Å². The second-order valence-corrected chi connectivity index (χ2v) is 6.63. The third kappa shape index (κ3) is 2.59. The van der Waals surface area contributed by atoms with Crippen LogP contribution in [-0.2, 0) is 4.79 Å². The lowest BCUT2D eigenvalue weighted by Crippen LogP contribution is -2.39. The van der Waals surface area contributed by atoms with Crippen molar-refractivity contribution in [3.63, 3.8) is 0 Å². The minimum Gasteiger partial charge on any atom is -0.304 e. The standard InChI is InChI=1S/C15H18BrNO2/c1-15(2,3)10(8-16)9-17-12-7-5-4-6-11(12)13(18)14(17)19/h4-7,10H,8-9H2,1-3H3.